The number of aromatic nitrogens is 1. The maximum absolute atomic E-state index is 10.6. The van der Waals surface area contributed by atoms with E-state index in [1.54, 1.807) is 4.90 Å². The van der Waals surface area contributed by atoms with Crippen LogP contribution in [-0.2, 0) is 11.3 Å². The molecule has 1 aromatic heterocycles. The fourth-order valence-corrected chi connectivity index (χ4v) is 1.97. The van der Waals surface area contributed by atoms with E-state index in [4.69, 9.17) is 0 Å². The molecule has 5 heteroatoms. The number of anilines is 1. The number of carbonyl (C=O) groups is 1. The third-order valence-electron chi connectivity index (χ3n) is 3.00. The molecule has 2 heterocycles. The van der Waals surface area contributed by atoms with Crippen molar-refractivity contribution in [1.29, 1.82) is 0 Å². The first-order valence-electron chi connectivity index (χ1n) is 5.87. The van der Waals surface area contributed by atoms with Gasteiger partial charge in [-0.1, -0.05) is 0 Å². The van der Waals surface area contributed by atoms with Crippen molar-refractivity contribution in [3.05, 3.63) is 24.0 Å². The summed E-state index contributed by atoms with van der Waals surface area (Å²) in [6.45, 7) is 4.14. The predicted octanol–water partition coefficient (Wildman–Crippen LogP) is 0.0794. The summed E-state index contributed by atoms with van der Waals surface area (Å²) in [5.74, 6) is 0. The molecule has 1 aliphatic rings. The van der Waals surface area contributed by atoms with Crippen LogP contribution >= 0.6 is 0 Å². The van der Waals surface area contributed by atoms with Crippen LogP contribution in [0, 0.1) is 0 Å². The van der Waals surface area contributed by atoms with Crippen LogP contribution in [0.4, 0.5) is 5.69 Å². The smallest absolute Gasteiger partial charge is 0.209 e. The second-order valence-electron chi connectivity index (χ2n) is 4.17. The van der Waals surface area contributed by atoms with Gasteiger partial charge >= 0.3 is 0 Å². The number of rotatable bonds is 4. The van der Waals surface area contributed by atoms with Crippen LogP contribution in [0.25, 0.3) is 0 Å². The molecule has 0 atom stereocenters. The zero-order chi connectivity index (χ0) is 12.1. The van der Waals surface area contributed by atoms with Gasteiger partial charge in [0.25, 0.3) is 0 Å². The molecule has 1 aliphatic heterocycles. The van der Waals surface area contributed by atoms with E-state index >= 15 is 0 Å². The van der Waals surface area contributed by atoms with Gasteiger partial charge in [-0.05, 0) is 19.2 Å². The fraction of sp³-hybridized carbons (Fsp3) is 0.500. The molecule has 92 valence electrons. The molecule has 5 nitrogen and oxygen atoms in total. The highest BCUT2D eigenvalue weighted by Gasteiger charge is 2.15. The highest BCUT2D eigenvalue weighted by molar-refractivity contribution is 5.50. The lowest BCUT2D eigenvalue weighted by Crippen LogP contribution is -2.45. The van der Waals surface area contributed by atoms with Crippen LogP contribution in [0.5, 0.6) is 0 Å². The zero-order valence-electron chi connectivity index (χ0n) is 10.1. The Morgan fingerprint density at radius 3 is 2.65 bits per heavy atom. The molecular formula is C12H18N4O. The second kappa shape index (κ2) is 5.63. The molecule has 1 aromatic rings. The lowest BCUT2D eigenvalue weighted by atomic mass is 10.2. The number of amides is 1. The number of nitrogens with zero attached hydrogens (tertiary/aromatic N) is 3. The van der Waals surface area contributed by atoms with Crippen LogP contribution in [0.3, 0.4) is 0 Å². The Morgan fingerprint density at radius 2 is 2.12 bits per heavy atom. The minimum absolute atomic E-state index is 0.791. The Hall–Kier alpha value is -1.62. The van der Waals surface area contributed by atoms with Crippen LogP contribution < -0.4 is 10.2 Å². The third-order valence-corrected chi connectivity index (χ3v) is 3.00. The van der Waals surface area contributed by atoms with Gasteiger partial charge in [-0.15, -0.1) is 0 Å². The molecular weight excluding hydrogens is 216 g/mol. The molecule has 1 amide bonds. The number of hydrogen-bond acceptors (Lipinski definition) is 4. The lowest BCUT2D eigenvalue weighted by molar-refractivity contribution is -0.118. The first-order chi connectivity index (χ1) is 8.33. The monoisotopic (exact) mass is 234 g/mol. The maximum atomic E-state index is 10.6. The van der Waals surface area contributed by atoms with Gasteiger partial charge in [0.05, 0.1) is 17.6 Å². The molecule has 0 bridgehead atoms. The first kappa shape index (κ1) is 11.9. The van der Waals surface area contributed by atoms with E-state index in [9.17, 15) is 4.79 Å². The minimum Gasteiger partial charge on any atom is -0.367 e. The van der Waals surface area contributed by atoms with Crippen molar-refractivity contribution in [2.45, 2.75) is 6.54 Å². The second-order valence-corrected chi connectivity index (χ2v) is 4.17. The van der Waals surface area contributed by atoms with Gasteiger partial charge < -0.3 is 15.1 Å². The average molecular weight is 234 g/mol. The zero-order valence-corrected chi connectivity index (χ0v) is 10.1. The van der Waals surface area contributed by atoms with Gasteiger partial charge in [0.15, 0.2) is 0 Å². The molecule has 1 saturated heterocycles. The van der Waals surface area contributed by atoms with E-state index in [-0.39, 0.29) is 0 Å². The summed E-state index contributed by atoms with van der Waals surface area (Å²) < 4.78 is 0. The van der Waals surface area contributed by atoms with Crippen molar-refractivity contribution in [1.82, 2.24) is 15.2 Å². The van der Waals surface area contributed by atoms with Gasteiger partial charge in [0.1, 0.15) is 0 Å². The first-order valence-corrected chi connectivity index (χ1v) is 5.87. The Bertz CT molecular complexity index is 357. The standard InChI is InChI=1S/C12H18N4O/c1-13-8-11-2-3-12(9-14-11)16-6-4-15(10-17)5-7-16/h2-3,9-10,13H,4-8H2,1H3. The number of nitrogens with one attached hydrogen (secondary N) is 1. The summed E-state index contributed by atoms with van der Waals surface area (Å²) in [5.41, 5.74) is 2.18. The third kappa shape index (κ3) is 2.94. The number of hydrogen-bond donors (Lipinski definition) is 1. The van der Waals surface area contributed by atoms with Crippen molar-refractivity contribution >= 4 is 12.1 Å². The summed E-state index contributed by atoms with van der Waals surface area (Å²) >= 11 is 0. The quantitative estimate of drug-likeness (QED) is 0.750. The Kier molecular flexibility index (Phi) is 3.93. The van der Waals surface area contributed by atoms with E-state index in [2.05, 4.69) is 21.3 Å². The van der Waals surface area contributed by atoms with E-state index < -0.39 is 0 Å². The Morgan fingerprint density at radius 1 is 1.35 bits per heavy atom. The van der Waals surface area contributed by atoms with E-state index in [1.807, 2.05) is 19.3 Å². The van der Waals surface area contributed by atoms with Crippen molar-refractivity contribution in [2.75, 3.05) is 38.1 Å². The molecule has 1 N–H and O–H groups in total. The molecule has 0 unspecified atom stereocenters. The summed E-state index contributed by atoms with van der Waals surface area (Å²) in [7, 11) is 1.91. The maximum Gasteiger partial charge on any atom is 0.209 e. The van der Waals surface area contributed by atoms with Crippen molar-refractivity contribution in [3.8, 4) is 0 Å². The van der Waals surface area contributed by atoms with Crippen molar-refractivity contribution < 1.29 is 4.79 Å². The summed E-state index contributed by atoms with van der Waals surface area (Å²) in [6.07, 6.45) is 2.83. The minimum atomic E-state index is 0.791. The van der Waals surface area contributed by atoms with E-state index in [0.29, 0.717) is 0 Å². The van der Waals surface area contributed by atoms with Gasteiger partial charge in [0.2, 0.25) is 6.41 Å². The Labute approximate surface area is 101 Å². The van der Waals surface area contributed by atoms with Crippen LogP contribution in [0.1, 0.15) is 5.69 Å². The van der Waals surface area contributed by atoms with Gasteiger partial charge in [-0.3, -0.25) is 9.78 Å². The topological polar surface area (TPSA) is 48.5 Å². The number of carbonyl (C=O) groups excluding carboxylic acids is 1. The SMILES string of the molecule is CNCc1ccc(N2CCN(C=O)CC2)cn1. The Balaban J connectivity index is 1.96. The molecule has 0 radical (unpaired) electrons. The van der Waals surface area contributed by atoms with E-state index in [1.165, 1.54) is 0 Å². The van der Waals surface area contributed by atoms with Crippen molar-refractivity contribution in [3.63, 3.8) is 0 Å². The van der Waals surface area contributed by atoms with Gasteiger partial charge in [-0.25, -0.2) is 0 Å². The molecule has 1 fully saturated rings. The average Bonchev–Trinajstić information content (AvgIpc) is 2.40. The summed E-state index contributed by atoms with van der Waals surface area (Å²) in [6, 6.07) is 4.13. The normalized spacial score (nSPS) is 16.1. The van der Waals surface area contributed by atoms with Crippen molar-refractivity contribution in [2.24, 2.45) is 0 Å². The highest BCUT2D eigenvalue weighted by atomic mass is 16.1. The summed E-state index contributed by atoms with van der Waals surface area (Å²) in [5, 5.41) is 3.07. The molecule has 0 spiro atoms. The molecule has 0 saturated carbocycles. The number of pyridine rings is 1. The van der Waals surface area contributed by atoms with E-state index in [0.717, 1.165) is 50.5 Å². The molecule has 17 heavy (non-hydrogen) atoms. The highest BCUT2D eigenvalue weighted by Crippen LogP contribution is 2.15. The van der Waals surface area contributed by atoms with Crippen LogP contribution in [0.2, 0.25) is 0 Å². The largest absolute Gasteiger partial charge is 0.367 e. The lowest BCUT2D eigenvalue weighted by Gasteiger charge is -2.33. The van der Waals surface area contributed by atoms with Crippen LogP contribution in [-0.4, -0.2) is 49.5 Å². The van der Waals surface area contributed by atoms with Gasteiger partial charge in [-0.2, -0.15) is 0 Å². The summed E-state index contributed by atoms with van der Waals surface area (Å²) in [4.78, 5) is 19.1. The molecule has 2 rings (SSSR count). The number of piperazine rings is 1. The van der Waals surface area contributed by atoms with Gasteiger partial charge in [0, 0.05) is 32.7 Å². The van der Waals surface area contributed by atoms with Crippen LogP contribution in [0.15, 0.2) is 18.3 Å². The predicted molar refractivity (Wildman–Crippen MR) is 66.9 cm³/mol. The fourth-order valence-electron chi connectivity index (χ4n) is 1.97. The molecule has 0 aliphatic carbocycles. The molecule has 0 aromatic carbocycles.